The molecule has 0 aliphatic heterocycles. The van der Waals surface area contributed by atoms with Crippen molar-refractivity contribution in [1.29, 1.82) is 0 Å². The average molecular weight is 559 g/mol. The summed E-state index contributed by atoms with van der Waals surface area (Å²) in [6.45, 7) is 1.11. The van der Waals surface area contributed by atoms with E-state index in [1.807, 2.05) is 0 Å². The van der Waals surface area contributed by atoms with E-state index in [9.17, 15) is 18.0 Å². The third-order valence-corrected chi connectivity index (χ3v) is 7.53. The first kappa shape index (κ1) is 29.1. The second-order valence-corrected chi connectivity index (χ2v) is 9.99. The number of anilines is 2. The topological polar surface area (TPSA) is 130 Å². The summed E-state index contributed by atoms with van der Waals surface area (Å²) < 4.78 is 54.7. The summed E-state index contributed by atoms with van der Waals surface area (Å²) in [6.07, 6.45) is 0. The maximum atomic E-state index is 13.9. The lowest BCUT2D eigenvalue weighted by Crippen LogP contribution is -2.38. The standard InChI is InChI=1S/C27H30N2O9S/c1-17-7-12-22(35-3)25(13-17)39(32,33)29(18-8-10-19(34-2)11-9-18)16-26(30)28-21-15-24(37-5)23(36-4)14-20(21)27(31)38-6/h7-15H,16H2,1-6H3,(H,28,30). The van der Waals surface area contributed by atoms with Crippen LogP contribution in [0.4, 0.5) is 11.4 Å². The first-order chi connectivity index (χ1) is 18.6. The Hall–Kier alpha value is -4.45. The molecule has 0 aliphatic rings. The zero-order valence-electron chi connectivity index (χ0n) is 22.4. The summed E-state index contributed by atoms with van der Waals surface area (Å²) in [5.41, 5.74) is 0.920. The molecule has 0 spiro atoms. The third kappa shape index (κ3) is 6.34. The van der Waals surface area contributed by atoms with Crippen molar-refractivity contribution in [2.75, 3.05) is 51.7 Å². The molecule has 0 aliphatic carbocycles. The highest BCUT2D eigenvalue weighted by atomic mass is 32.2. The molecule has 0 saturated heterocycles. The quantitative estimate of drug-likeness (QED) is 0.351. The van der Waals surface area contributed by atoms with Crippen LogP contribution in [0.2, 0.25) is 0 Å². The van der Waals surface area contributed by atoms with Crippen LogP contribution in [0.15, 0.2) is 59.5 Å². The van der Waals surface area contributed by atoms with Crippen molar-refractivity contribution < 1.29 is 41.7 Å². The number of nitrogens with one attached hydrogen (secondary N) is 1. The van der Waals surface area contributed by atoms with Gasteiger partial charge in [-0.1, -0.05) is 6.07 Å². The number of amides is 1. The summed E-state index contributed by atoms with van der Waals surface area (Å²) in [7, 11) is 2.52. The van der Waals surface area contributed by atoms with Crippen LogP contribution in [-0.4, -0.2) is 62.4 Å². The maximum Gasteiger partial charge on any atom is 0.340 e. The summed E-state index contributed by atoms with van der Waals surface area (Å²) in [5.74, 6) is -0.377. The second-order valence-electron chi connectivity index (χ2n) is 8.16. The molecule has 3 aromatic rings. The number of esters is 1. The molecule has 3 rings (SSSR count). The summed E-state index contributed by atoms with van der Waals surface area (Å²) in [6, 6.07) is 13.7. The highest BCUT2D eigenvalue weighted by Crippen LogP contribution is 2.35. The number of methoxy groups -OCH3 is 5. The molecule has 0 unspecified atom stereocenters. The maximum absolute atomic E-state index is 13.9. The lowest BCUT2D eigenvalue weighted by Gasteiger charge is -2.25. The lowest BCUT2D eigenvalue weighted by atomic mass is 10.1. The van der Waals surface area contributed by atoms with Gasteiger partial charge in [-0.15, -0.1) is 0 Å². The van der Waals surface area contributed by atoms with E-state index in [2.05, 4.69) is 5.32 Å². The average Bonchev–Trinajstić information content (AvgIpc) is 2.95. The van der Waals surface area contributed by atoms with Gasteiger partial charge >= 0.3 is 5.97 Å². The zero-order valence-corrected chi connectivity index (χ0v) is 23.2. The molecule has 0 atom stereocenters. The Labute approximate surface area is 227 Å². The number of carbonyl (C=O) groups excluding carboxylic acids is 2. The molecule has 39 heavy (non-hydrogen) atoms. The summed E-state index contributed by atoms with van der Waals surface area (Å²) in [4.78, 5) is 25.7. The molecule has 0 aromatic heterocycles. The Kier molecular flexibility index (Phi) is 9.25. The molecule has 1 amide bonds. The molecule has 0 fully saturated rings. The number of rotatable bonds is 11. The van der Waals surface area contributed by atoms with Crippen LogP contribution in [0.3, 0.4) is 0 Å². The SMILES string of the molecule is COC(=O)c1cc(OC)c(OC)cc1NC(=O)CN(c1ccc(OC)cc1)S(=O)(=O)c1cc(C)ccc1OC. The third-order valence-electron chi connectivity index (χ3n) is 5.74. The summed E-state index contributed by atoms with van der Waals surface area (Å²) in [5, 5.41) is 2.60. The van der Waals surface area contributed by atoms with Crippen LogP contribution in [0.5, 0.6) is 23.0 Å². The Morgan fingerprint density at radius 3 is 1.97 bits per heavy atom. The Bertz CT molecular complexity index is 1450. The molecule has 0 radical (unpaired) electrons. The number of hydrogen-bond donors (Lipinski definition) is 1. The number of hydrogen-bond acceptors (Lipinski definition) is 9. The van der Waals surface area contributed by atoms with Gasteiger partial charge in [0.1, 0.15) is 22.9 Å². The van der Waals surface area contributed by atoms with Crippen molar-refractivity contribution in [3.63, 3.8) is 0 Å². The van der Waals surface area contributed by atoms with Gasteiger partial charge in [0.05, 0.1) is 52.5 Å². The van der Waals surface area contributed by atoms with E-state index in [-0.39, 0.29) is 39.1 Å². The number of ether oxygens (including phenoxy) is 5. The monoisotopic (exact) mass is 558 g/mol. The number of benzene rings is 3. The van der Waals surface area contributed by atoms with Crippen LogP contribution < -0.4 is 28.6 Å². The molecule has 0 bridgehead atoms. The van der Waals surface area contributed by atoms with E-state index in [4.69, 9.17) is 23.7 Å². The van der Waals surface area contributed by atoms with Crippen molar-refractivity contribution in [3.05, 3.63) is 65.7 Å². The number of sulfonamides is 1. The van der Waals surface area contributed by atoms with Gasteiger partial charge in [-0.25, -0.2) is 13.2 Å². The fourth-order valence-corrected chi connectivity index (χ4v) is 5.41. The molecule has 0 saturated carbocycles. The zero-order chi connectivity index (χ0) is 28.7. The van der Waals surface area contributed by atoms with Gasteiger partial charge in [-0.2, -0.15) is 0 Å². The van der Waals surface area contributed by atoms with Crippen molar-refractivity contribution in [2.45, 2.75) is 11.8 Å². The van der Waals surface area contributed by atoms with Crippen molar-refractivity contribution in [2.24, 2.45) is 0 Å². The van der Waals surface area contributed by atoms with Crippen molar-refractivity contribution in [1.82, 2.24) is 0 Å². The van der Waals surface area contributed by atoms with Gasteiger partial charge in [0.25, 0.3) is 10.0 Å². The highest BCUT2D eigenvalue weighted by molar-refractivity contribution is 7.93. The van der Waals surface area contributed by atoms with Crippen LogP contribution in [0, 0.1) is 6.92 Å². The number of nitrogens with zero attached hydrogens (tertiary/aromatic N) is 1. The minimum Gasteiger partial charge on any atom is -0.497 e. The van der Waals surface area contributed by atoms with E-state index in [0.717, 1.165) is 4.31 Å². The second kappa shape index (κ2) is 12.4. The largest absolute Gasteiger partial charge is 0.497 e. The molecule has 0 heterocycles. The molecule has 12 heteroatoms. The van der Waals surface area contributed by atoms with Crippen molar-refractivity contribution in [3.8, 4) is 23.0 Å². The predicted molar refractivity (Wildman–Crippen MR) is 145 cm³/mol. The number of carbonyl (C=O) groups is 2. The predicted octanol–water partition coefficient (Wildman–Crippen LogP) is 3.65. The summed E-state index contributed by atoms with van der Waals surface area (Å²) >= 11 is 0. The first-order valence-electron chi connectivity index (χ1n) is 11.5. The van der Waals surface area contributed by atoms with Gasteiger partial charge in [0.2, 0.25) is 5.91 Å². The molecule has 3 aromatic carbocycles. The van der Waals surface area contributed by atoms with Crippen LogP contribution in [0.25, 0.3) is 0 Å². The van der Waals surface area contributed by atoms with Gasteiger partial charge in [-0.3, -0.25) is 9.10 Å². The number of aryl methyl sites for hydroxylation is 1. The fraction of sp³-hybridized carbons (Fsp3) is 0.259. The fourth-order valence-electron chi connectivity index (χ4n) is 3.75. The van der Waals surface area contributed by atoms with Crippen LogP contribution >= 0.6 is 0 Å². The first-order valence-corrected chi connectivity index (χ1v) is 13.0. The van der Waals surface area contributed by atoms with E-state index >= 15 is 0 Å². The molecular formula is C27H30N2O9S. The van der Waals surface area contributed by atoms with Crippen molar-refractivity contribution >= 4 is 33.3 Å². The molecule has 1 N–H and O–H groups in total. The van der Waals surface area contributed by atoms with E-state index in [0.29, 0.717) is 11.3 Å². The normalized spacial score (nSPS) is 10.8. The lowest BCUT2D eigenvalue weighted by molar-refractivity contribution is -0.114. The van der Waals surface area contributed by atoms with Gasteiger partial charge in [0.15, 0.2) is 11.5 Å². The molecular weight excluding hydrogens is 528 g/mol. The van der Waals surface area contributed by atoms with Gasteiger partial charge < -0.3 is 29.0 Å². The minimum atomic E-state index is -4.31. The minimum absolute atomic E-state index is 0.0114. The smallest absolute Gasteiger partial charge is 0.340 e. The van der Waals surface area contributed by atoms with E-state index in [1.54, 1.807) is 31.2 Å². The Morgan fingerprint density at radius 1 is 0.795 bits per heavy atom. The Morgan fingerprint density at radius 2 is 1.41 bits per heavy atom. The highest BCUT2D eigenvalue weighted by Gasteiger charge is 2.31. The van der Waals surface area contributed by atoms with Gasteiger partial charge in [-0.05, 0) is 48.9 Å². The van der Waals surface area contributed by atoms with E-state index < -0.39 is 28.4 Å². The molecule has 208 valence electrons. The van der Waals surface area contributed by atoms with Gasteiger partial charge in [0, 0.05) is 12.1 Å². The van der Waals surface area contributed by atoms with Crippen LogP contribution in [-0.2, 0) is 19.6 Å². The molecule has 11 nitrogen and oxygen atoms in total. The van der Waals surface area contributed by atoms with Crippen LogP contribution in [0.1, 0.15) is 15.9 Å². The Balaban J connectivity index is 2.07. The van der Waals surface area contributed by atoms with E-state index in [1.165, 1.54) is 65.9 Å².